The summed E-state index contributed by atoms with van der Waals surface area (Å²) in [6.07, 6.45) is -8.99. The van der Waals surface area contributed by atoms with Crippen LogP contribution in [0, 0.1) is 5.82 Å². The van der Waals surface area contributed by atoms with E-state index in [2.05, 4.69) is 10.1 Å². The first-order valence-electron chi connectivity index (χ1n) is 10.9. The summed E-state index contributed by atoms with van der Waals surface area (Å²) in [5.74, 6) is -0.692. The van der Waals surface area contributed by atoms with Crippen LogP contribution >= 0.6 is 34.8 Å². The van der Waals surface area contributed by atoms with Gasteiger partial charge in [-0.15, -0.1) is 5.10 Å². The molecule has 0 amide bonds. The fourth-order valence-corrected chi connectivity index (χ4v) is 4.33. The molecular formula is C23H18Cl3F4N5O3. The predicted molar refractivity (Wildman–Crippen MR) is 132 cm³/mol. The third kappa shape index (κ3) is 5.59. The molecule has 0 spiro atoms. The van der Waals surface area contributed by atoms with E-state index in [0.717, 1.165) is 10.6 Å². The third-order valence-corrected chi connectivity index (χ3v) is 6.44. The van der Waals surface area contributed by atoms with Gasteiger partial charge in [-0.1, -0.05) is 46.9 Å². The van der Waals surface area contributed by atoms with E-state index >= 15 is 0 Å². The Morgan fingerprint density at radius 2 is 1.68 bits per heavy atom. The maximum atomic E-state index is 13.6. The zero-order valence-electron chi connectivity index (χ0n) is 19.3. The number of alkyl halides is 3. The molecule has 38 heavy (non-hydrogen) atoms. The summed E-state index contributed by atoms with van der Waals surface area (Å²) in [6, 6.07) is 9.54. The Hall–Kier alpha value is -2.90. The van der Waals surface area contributed by atoms with E-state index in [-0.39, 0.29) is 38.8 Å². The van der Waals surface area contributed by atoms with Gasteiger partial charge in [-0.2, -0.15) is 13.2 Å². The van der Waals surface area contributed by atoms with E-state index in [1.54, 1.807) is 0 Å². The van der Waals surface area contributed by atoms with Crippen molar-refractivity contribution in [3.8, 4) is 16.9 Å². The molecule has 2 aromatic heterocycles. The SMILES string of the molecule is CC(O)c1nc(Cn2c(Cl)c(-c3ccc(Cl)cc3)n(CC(O)C(F)(F)F)c2=O)nn1-c1ccc(F)c(Cl)c1. The predicted octanol–water partition coefficient (Wildman–Crippen LogP) is 5.02. The molecule has 15 heteroatoms. The van der Waals surface area contributed by atoms with E-state index < -0.39 is 43.0 Å². The molecule has 2 aromatic carbocycles. The van der Waals surface area contributed by atoms with Crippen molar-refractivity contribution < 1.29 is 27.8 Å². The lowest BCUT2D eigenvalue weighted by Crippen LogP contribution is -2.37. The topological polar surface area (TPSA) is 98.1 Å². The van der Waals surface area contributed by atoms with Crippen LogP contribution in [-0.2, 0) is 13.1 Å². The fourth-order valence-electron chi connectivity index (χ4n) is 3.68. The van der Waals surface area contributed by atoms with Gasteiger partial charge in [-0.25, -0.2) is 18.9 Å². The summed E-state index contributed by atoms with van der Waals surface area (Å²) >= 11 is 18.3. The summed E-state index contributed by atoms with van der Waals surface area (Å²) in [4.78, 5) is 17.5. The van der Waals surface area contributed by atoms with Crippen LogP contribution in [0.15, 0.2) is 47.3 Å². The Morgan fingerprint density at radius 1 is 1.03 bits per heavy atom. The maximum absolute atomic E-state index is 13.6. The summed E-state index contributed by atoms with van der Waals surface area (Å²) < 4.78 is 55.9. The Morgan fingerprint density at radius 3 is 2.26 bits per heavy atom. The van der Waals surface area contributed by atoms with Crippen LogP contribution in [0.25, 0.3) is 16.9 Å². The van der Waals surface area contributed by atoms with Crippen LogP contribution in [0.1, 0.15) is 24.7 Å². The largest absolute Gasteiger partial charge is 0.416 e. The molecule has 0 fully saturated rings. The van der Waals surface area contributed by atoms with Crippen LogP contribution in [0.4, 0.5) is 17.6 Å². The second-order valence-corrected chi connectivity index (χ2v) is 9.46. The average Bonchev–Trinajstić information content (AvgIpc) is 3.36. The van der Waals surface area contributed by atoms with Gasteiger partial charge >= 0.3 is 11.9 Å². The van der Waals surface area contributed by atoms with Crippen LogP contribution in [0.5, 0.6) is 0 Å². The maximum Gasteiger partial charge on any atom is 0.416 e. The molecule has 0 aliphatic heterocycles. The lowest BCUT2D eigenvalue weighted by Gasteiger charge is -2.16. The number of imidazole rings is 1. The van der Waals surface area contributed by atoms with Crippen molar-refractivity contribution in [2.75, 3.05) is 0 Å². The van der Waals surface area contributed by atoms with Crippen molar-refractivity contribution in [1.82, 2.24) is 23.9 Å². The van der Waals surface area contributed by atoms with Gasteiger partial charge in [0, 0.05) is 10.6 Å². The van der Waals surface area contributed by atoms with Crippen molar-refractivity contribution in [3.05, 3.63) is 85.6 Å². The van der Waals surface area contributed by atoms with Crippen molar-refractivity contribution in [3.63, 3.8) is 0 Å². The van der Waals surface area contributed by atoms with Crippen LogP contribution < -0.4 is 5.69 Å². The van der Waals surface area contributed by atoms with E-state index in [1.807, 2.05) is 0 Å². The first kappa shape index (κ1) is 28.1. The number of aliphatic hydroxyl groups excluding tert-OH is 2. The van der Waals surface area contributed by atoms with E-state index in [0.29, 0.717) is 9.59 Å². The molecule has 8 nitrogen and oxygen atoms in total. The normalized spacial score (nSPS) is 13.6. The highest BCUT2D eigenvalue weighted by Gasteiger charge is 2.39. The minimum atomic E-state index is -4.99. The Kier molecular flexibility index (Phi) is 7.91. The molecule has 0 aliphatic carbocycles. The number of halogens is 7. The van der Waals surface area contributed by atoms with Crippen LogP contribution in [0.3, 0.4) is 0 Å². The first-order valence-corrected chi connectivity index (χ1v) is 12.0. The van der Waals surface area contributed by atoms with Crippen LogP contribution in [-0.4, -0.2) is 46.4 Å². The molecule has 0 saturated carbocycles. The minimum Gasteiger partial charge on any atom is -0.385 e. The lowest BCUT2D eigenvalue weighted by molar-refractivity contribution is -0.207. The van der Waals surface area contributed by atoms with Crippen molar-refractivity contribution in [1.29, 1.82) is 0 Å². The number of rotatable bonds is 7. The molecule has 4 aromatic rings. The monoisotopic (exact) mass is 593 g/mol. The summed E-state index contributed by atoms with van der Waals surface area (Å²) in [5.41, 5.74) is -0.522. The molecule has 0 bridgehead atoms. The van der Waals surface area contributed by atoms with Crippen molar-refractivity contribution in [2.24, 2.45) is 0 Å². The van der Waals surface area contributed by atoms with Gasteiger partial charge in [0.1, 0.15) is 17.1 Å². The van der Waals surface area contributed by atoms with Gasteiger partial charge in [0.05, 0.1) is 29.5 Å². The molecular weight excluding hydrogens is 577 g/mol. The van der Waals surface area contributed by atoms with Crippen LogP contribution in [0.2, 0.25) is 15.2 Å². The average molecular weight is 595 g/mol. The summed E-state index contributed by atoms with van der Waals surface area (Å²) in [6.45, 7) is -0.126. The minimum absolute atomic E-state index is 0.0247. The zero-order valence-corrected chi connectivity index (χ0v) is 21.6. The molecule has 2 N–H and O–H groups in total. The van der Waals surface area contributed by atoms with Gasteiger partial charge in [-0.05, 0) is 37.3 Å². The van der Waals surface area contributed by atoms with Gasteiger partial charge < -0.3 is 10.2 Å². The second-order valence-electron chi connectivity index (χ2n) is 8.26. The first-order chi connectivity index (χ1) is 17.8. The quantitative estimate of drug-likeness (QED) is 0.293. The highest BCUT2D eigenvalue weighted by atomic mass is 35.5. The highest BCUT2D eigenvalue weighted by Crippen LogP contribution is 2.31. The van der Waals surface area contributed by atoms with Crippen molar-refractivity contribution >= 4 is 34.8 Å². The Balaban J connectivity index is 1.82. The molecule has 2 atom stereocenters. The highest BCUT2D eigenvalue weighted by molar-refractivity contribution is 6.32. The standard InChI is InChI=1S/C23H18Cl3F4N5O3/c1-11(36)21-31-18(32-35(21)14-6-7-16(27)15(25)8-14)10-34-20(26)19(12-2-4-13(24)5-3-12)33(22(34)38)9-17(37)23(28,29)30/h2-8,11,17,36-37H,9-10H2,1H3. The number of aromatic nitrogens is 5. The molecule has 0 radical (unpaired) electrons. The summed E-state index contributed by atoms with van der Waals surface area (Å²) in [7, 11) is 0. The Bertz CT molecular complexity index is 1530. The van der Waals surface area contributed by atoms with Crippen molar-refractivity contribution in [2.45, 2.75) is 38.4 Å². The number of nitrogens with zero attached hydrogens (tertiary/aromatic N) is 5. The van der Waals surface area contributed by atoms with Gasteiger partial charge in [0.15, 0.2) is 17.8 Å². The van der Waals surface area contributed by atoms with E-state index in [9.17, 15) is 32.6 Å². The molecule has 2 unspecified atom stereocenters. The molecule has 2 heterocycles. The third-order valence-electron chi connectivity index (χ3n) is 5.51. The summed E-state index contributed by atoms with van der Waals surface area (Å²) in [5, 5.41) is 24.0. The molecule has 202 valence electrons. The van der Waals surface area contributed by atoms with Gasteiger partial charge in [0.25, 0.3) is 0 Å². The molecule has 0 saturated heterocycles. The second kappa shape index (κ2) is 10.7. The molecule has 4 rings (SSSR count). The lowest BCUT2D eigenvalue weighted by atomic mass is 10.1. The molecule has 0 aliphatic rings. The van der Waals surface area contributed by atoms with Gasteiger partial charge in [-0.3, -0.25) is 9.13 Å². The van der Waals surface area contributed by atoms with E-state index in [1.165, 1.54) is 48.0 Å². The zero-order chi connectivity index (χ0) is 27.9. The number of benzene rings is 2. The Labute approximate surface area is 227 Å². The van der Waals surface area contributed by atoms with E-state index in [4.69, 9.17) is 34.8 Å². The number of hydrogen-bond acceptors (Lipinski definition) is 5. The number of hydrogen-bond donors (Lipinski definition) is 2. The smallest absolute Gasteiger partial charge is 0.385 e. The van der Waals surface area contributed by atoms with Gasteiger partial charge in [0.2, 0.25) is 0 Å². The number of aliphatic hydroxyl groups is 2. The fraction of sp³-hybridized carbons (Fsp3) is 0.261.